The largest absolute Gasteiger partial charge is 0.496 e. The monoisotopic (exact) mass is 402 g/mol. The second kappa shape index (κ2) is 7.23. The topological polar surface area (TPSA) is 84.7 Å². The molecule has 2 aromatic heterocycles. The molecular weight excluding hydrogens is 380 g/mol. The zero-order valence-corrected chi connectivity index (χ0v) is 16.7. The van der Waals surface area contributed by atoms with Crippen LogP contribution >= 0.6 is 0 Å². The highest BCUT2D eigenvalue weighted by Crippen LogP contribution is 2.51. The number of pyridine rings is 2. The lowest BCUT2D eigenvalue weighted by Crippen LogP contribution is -2.51. The number of nitrogens with zero attached hydrogens (tertiary/aromatic N) is 2. The van der Waals surface area contributed by atoms with E-state index in [2.05, 4.69) is 9.97 Å². The summed E-state index contributed by atoms with van der Waals surface area (Å²) in [6, 6.07) is 11.4. The van der Waals surface area contributed by atoms with Gasteiger partial charge in [-0.1, -0.05) is 12.1 Å². The van der Waals surface area contributed by atoms with Gasteiger partial charge in [0.1, 0.15) is 11.5 Å². The Bertz CT molecular complexity index is 1140. The fourth-order valence-corrected chi connectivity index (χ4v) is 4.75. The Kier molecular flexibility index (Phi) is 4.53. The Balaban J connectivity index is 1.58. The number of aliphatic hydroxyl groups is 2. The molecule has 4 aromatic rings. The number of fused-ring (bicyclic) bond motifs is 2. The summed E-state index contributed by atoms with van der Waals surface area (Å²) >= 11 is 0. The molecule has 1 aliphatic rings. The first-order chi connectivity index (χ1) is 14.7. The second-order valence-corrected chi connectivity index (χ2v) is 7.59. The predicted octanol–water partition coefficient (Wildman–Crippen LogP) is 3.40. The van der Waals surface area contributed by atoms with Crippen LogP contribution in [0, 0.1) is 0 Å². The van der Waals surface area contributed by atoms with Crippen molar-refractivity contribution in [3.05, 3.63) is 72.3 Å². The van der Waals surface area contributed by atoms with Crippen LogP contribution in [0.25, 0.3) is 21.5 Å². The van der Waals surface area contributed by atoms with E-state index in [9.17, 15) is 10.2 Å². The summed E-state index contributed by atoms with van der Waals surface area (Å²) in [5.74, 6) is 0.639. The molecule has 2 heterocycles. The maximum Gasteiger partial charge on any atom is 0.128 e. The van der Waals surface area contributed by atoms with E-state index in [1.807, 2.05) is 36.4 Å². The highest BCUT2D eigenvalue weighted by atomic mass is 16.5. The Morgan fingerprint density at radius 1 is 0.633 bits per heavy atom. The predicted molar refractivity (Wildman–Crippen MR) is 114 cm³/mol. The third-order valence-electron chi connectivity index (χ3n) is 6.25. The highest BCUT2D eigenvalue weighted by molar-refractivity contribution is 5.92. The fraction of sp³-hybridized carbons (Fsp3) is 0.250. The molecule has 1 aliphatic carbocycles. The number of hydrogen-bond donors (Lipinski definition) is 2. The number of methoxy groups -OCH3 is 2. The van der Waals surface area contributed by atoms with Crippen LogP contribution in [-0.4, -0.2) is 46.6 Å². The van der Waals surface area contributed by atoms with Crippen LogP contribution in [0.1, 0.15) is 23.0 Å². The zero-order valence-electron chi connectivity index (χ0n) is 16.7. The summed E-state index contributed by atoms with van der Waals surface area (Å²) < 4.78 is 10.9. The van der Waals surface area contributed by atoms with Gasteiger partial charge >= 0.3 is 0 Å². The first-order valence-electron chi connectivity index (χ1n) is 9.83. The summed E-state index contributed by atoms with van der Waals surface area (Å²) in [5.41, 5.74) is 1.79. The summed E-state index contributed by atoms with van der Waals surface area (Å²) in [7, 11) is 3.24. The highest BCUT2D eigenvalue weighted by Gasteiger charge is 2.51. The van der Waals surface area contributed by atoms with E-state index in [4.69, 9.17) is 9.47 Å². The van der Waals surface area contributed by atoms with Gasteiger partial charge in [0.2, 0.25) is 0 Å². The first-order valence-corrected chi connectivity index (χ1v) is 9.83. The molecule has 0 atom stereocenters. The molecule has 152 valence electrons. The second-order valence-electron chi connectivity index (χ2n) is 7.59. The molecule has 0 radical (unpaired) electrons. The number of ether oxygens (including phenoxy) is 2. The van der Waals surface area contributed by atoms with Gasteiger partial charge in [0, 0.05) is 47.4 Å². The van der Waals surface area contributed by atoms with Crippen LogP contribution in [0.4, 0.5) is 0 Å². The van der Waals surface area contributed by atoms with Crippen LogP contribution < -0.4 is 9.47 Å². The molecule has 6 nitrogen and oxygen atoms in total. The van der Waals surface area contributed by atoms with E-state index >= 15 is 0 Å². The van der Waals surface area contributed by atoms with Crippen LogP contribution in [0.3, 0.4) is 0 Å². The molecule has 0 unspecified atom stereocenters. The summed E-state index contributed by atoms with van der Waals surface area (Å²) in [5, 5.41) is 25.9. The van der Waals surface area contributed by atoms with Crippen molar-refractivity contribution >= 4 is 21.5 Å². The van der Waals surface area contributed by atoms with E-state index in [1.54, 1.807) is 39.0 Å². The van der Waals surface area contributed by atoms with E-state index in [0.717, 1.165) is 44.2 Å². The number of hydrogen-bond acceptors (Lipinski definition) is 6. The maximum atomic E-state index is 11.2. The van der Waals surface area contributed by atoms with Gasteiger partial charge in [0.05, 0.1) is 26.4 Å². The Labute approximate surface area is 173 Å². The van der Waals surface area contributed by atoms with E-state index < -0.39 is 24.0 Å². The first kappa shape index (κ1) is 18.8. The Morgan fingerprint density at radius 3 is 1.47 bits per heavy atom. The molecule has 2 aromatic carbocycles. The van der Waals surface area contributed by atoms with E-state index in [-0.39, 0.29) is 0 Å². The van der Waals surface area contributed by atoms with Crippen molar-refractivity contribution in [1.82, 2.24) is 9.97 Å². The van der Waals surface area contributed by atoms with Gasteiger partial charge in [-0.3, -0.25) is 9.97 Å². The van der Waals surface area contributed by atoms with Crippen LogP contribution in [-0.2, 0) is 0 Å². The maximum absolute atomic E-state index is 11.2. The Hall–Kier alpha value is -3.22. The molecular formula is C24H22N2O4. The lowest BCUT2D eigenvalue weighted by molar-refractivity contribution is -0.0775. The molecule has 2 N–H and O–H groups in total. The molecule has 30 heavy (non-hydrogen) atoms. The van der Waals surface area contributed by atoms with Crippen molar-refractivity contribution in [1.29, 1.82) is 0 Å². The molecule has 1 fully saturated rings. The van der Waals surface area contributed by atoms with Gasteiger partial charge in [0.15, 0.2) is 0 Å². The molecule has 0 bridgehead atoms. The molecule has 0 saturated heterocycles. The van der Waals surface area contributed by atoms with Gasteiger partial charge < -0.3 is 19.7 Å². The summed E-state index contributed by atoms with van der Waals surface area (Å²) in [4.78, 5) is 8.39. The average Bonchev–Trinajstić information content (AvgIpc) is 2.79. The third kappa shape index (κ3) is 2.65. The van der Waals surface area contributed by atoms with Gasteiger partial charge in [-0.15, -0.1) is 0 Å². The quantitative estimate of drug-likeness (QED) is 0.544. The number of benzene rings is 2. The van der Waals surface area contributed by atoms with Crippen molar-refractivity contribution in [3.8, 4) is 11.5 Å². The lowest BCUT2D eigenvalue weighted by Gasteiger charge is -2.47. The standard InChI is InChI=1S/C24H22N2O4/c1-29-19-5-3-15(13-7-9-25-11-17(13)19)21-23(27)22(24(21)28)16-4-6-20(30-2)18-12-26-10-8-14(16)18/h3-12,21-24,27-28H,1-2H3. The molecule has 1 saturated carbocycles. The van der Waals surface area contributed by atoms with E-state index in [0.29, 0.717) is 0 Å². The van der Waals surface area contributed by atoms with Gasteiger partial charge in [-0.25, -0.2) is 0 Å². The average molecular weight is 402 g/mol. The van der Waals surface area contributed by atoms with Crippen molar-refractivity contribution < 1.29 is 19.7 Å². The SMILES string of the molecule is COc1ccc(C2C(O)C(c3ccc(OC)c4cnccc34)C2O)c2ccncc12. The molecule has 0 amide bonds. The molecule has 0 aliphatic heterocycles. The number of rotatable bonds is 4. The summed E-state index contributed by atoms with van der Waals surface area (Å²) in [6.45, 7) is 0. The van der Waals surface area contributed by atoms with Crippen molar-refractivity contribution in [2.24, 2.45) is 0 Å². The minimum atomic E-state index is -0.727. The number of aromatic nitrogens is 2. The molecule has 5 rings (SSSR count). The van der Waals surface area contributed by atoms with Crippen LogP contribution in [0.5, 0.6) is 11.5 Å². The lowest BCUT2D eigenvalue weighted by atomic mass is 9.62. The third-order valence-corrected chi connectivity index (χ3v) is 6.25. The van der Waals surface area contributed by atoms with Crippen molar-refractivity contribution in [3.63, 3.8) is 0 Å². The minimum absolute atomic E-state index is 0.398. The van der Waals surface area contributed by atoms with Gasteiger partial charge in [-0.05, 0) is 46.2 Å². The van der Waals surface area contributed by atoms with E-state index in [1.165, 1.54) is 0 Å². The van der Waals surface area contributed by atoms with Crippen LogP contribution in [0.15, 0.2) is 61.2 Å². The van der Waals surface area contributed by atoms with Crippen molar-refractivity contribution in [2.75, 3.05) is 14.2 Å². The smallest absolute Gasteiger partial charge is 0.128 e. The Morgan fingerprint density at radius 2 is 1.07 bits per heavy atom. The normalized spacial score (nSPS) is 23.3. The van der Waals surface area contributed by atoms with Gasteiger partial charge in [-0.2, -0.15) is 0 Å². The fourth-order valence-electron chi connectivity index (χ4n) is 4.75. The molecule has 6 heteroatoms. The minimum Gasteiger partial charge on any atom is -0.496 e. The summed E-state index contributed by atoms with van der Waals surface area (Å²) in [6.07, 6.45) is 5.46. The zero-order chi connectivity index (χ0) is 20.8. The molecule has 0 spiro atoms. The van der Waals surface area contributed by atoms with Gasteiger partial charge in [0.25, 0.3) is 0 Å². The van der Waals surface area contributed by atoms with Crippen LogP contribution in [0.2, 0.25) is 0 Å². The number of aliphatic hydroxyl groups excluding tert-OH is 2. The van der Waals surface area contributed by atoms with Crippen molar-refractivity contribution in [2.45, 2.75) is 24.0 Å².